The summed E-state index contributed by atoms with van der Waals surface area (Å²) in [6.07, 6.45) is 0. The van der Waals surface area contributed by atoms with Crippen LogP contribution in [0.5, 0.6) is 0 Å². The van der Waals surface area contributed by atoms with Gasteiger partial charge in [0.2, 0.25) is 0 Å². The van der Waals surface area contributed by atoms with Crippen molar-refractivity contribution in [3.63, 3.8) is 0 Å². The number of halogens is 2. The van der Waals surface area contributed by atoms with Gasteiger partial charge in [-0.2, -0.15) is 0 Å². The smallest absolute Gasteiger partial charge is 0.253 e. The van der Waals surface area contributed by atoms with Crippen LogP contribution in [0, 0.1) is 5.41 Å². The first kappa shape index (κ1) is 17.8. The van der Waals surface area contributed by atoms with E-state index < -0.39 is 10.9 Å². The quantitative estimate of drug-likeness (QED) is 0.795. The summed E-state index contributed by atoms with van der Waals surface area (Å²) in [5.74, 6) is 0. The van der Waals surface area contributed by atoms with Crippen molar-refractivity contribution in [1.29, 1.82) is 0 Å². The molecule has 1 atom stereocenters. The Bertz CT molecular complexity index is 787. The minimum absolute atomic E-state index is 0.0312. The Morgan fingerprint density at radius 2 is 1.70 bits per heavy atom. The van der Waals surface area contributed by atoms with Gasteiger partial charge in [-0.15, -0.1) is 0 Å². The van der Waals surface area contributed by atoms with E-state index in [1.165, 1.54) is 0 Å². The van der Waals surface area contributed by atoms with Crippen LogP contribution in [0.1, 0.15) is 33.3 Å². The second-order valence-corrected chi connectivity index (χ2v) is 7.57. The van der Waals surface area contributed by atoms with Crippen LogP contribution in [0.4, 0.5) is 11.4 Å². The Labute approximate surface area is 145 Å². The number of hydrogen-bond acceptors (Lipinski definition) is 4. The summed E-state index contributed by atoms with van der Waals surface area (Å²) >= 11 is 12.0. The second kappa shape index (κ2) is 6.54. The van der Waals surface area contributed by atoms with Crippen molar-refractivity contribution >= 4 is 34.6 Å². The first-order valence-corrected chi connectivity index (χ1v) is 8.14. The van der Waals surface area contributed by atoms with Crippen LogP contribution >= 0.6 is 23.2 Å². The average Bonchev–Trinajstić information content (AvgIpc) is 2.46. The van der Waals surface area contributed by atoms with E-state index in [1.54, 1.807) is 18.2 Å². The third kappa shape index (κ3) is 3.88. The van der Waals surface area contributed by atoms with Crippen LogP contribution in [0.2, 0.25) is 10.0 Å². The molecule has 2 N–H and O–H groups in total. The summed E-state index contributed by atoms with van der Waals surface area (Å²) in [5.41, 5.74) is 0.458. The van der Waals surface area contributed by atoms with E-state index >= 15 is 0 Å². The van der Waals surface area contributed by atoms with Gasteiger partial charge in [0.15, 0.2) is 0 Å². The second-order valence-electron chi connectivity index (χ2n) is 6.73. The Morgan fingerprint density at radius 3 is 2.26 bits per heavy atom. The van der Waals surface area contributed by atoms with Crippen LogP contribution in [0.15, 0.2) is 27.8 Å². The highest BCUT2D eigenvalue weighted by Gasteiger charge is 2.26. The molecular formula is C17H20Cl2N2O2. The van der Waals surface area contributed by atoms with Crippen LogP contribution in [-0.2, 0) is 6.54 Å². The van der Waals surface area contributed by atoms with E-state index in [0.717, 1.165) is 5.56 Å². The van der Waals surface area contributed by atoms with Gasteiger partial charge in [-0.25, -0.2) is 0 Å². The minimum atomic E-state index is -0.501. The maximum absolute atomic E-state index is 11.8. The molecule has 6 heteroatoms. The lowest BCUT2D eigenvalue weighted by Crippen LogP contribution is -2.41. The third-order valence-electron chi connectivity index (χ3n) is 4.04. The molecule has 0 aliphatic rings. The van der Waals surface area contributed by atoms with Gasteiger partial charge < -0.3 is 10.6 Å². The summed E-state index contributed by atoms with van der Waals surface area (Å²) < 4.78 is 0. The Morgan fingerprint density at radius 1 is 1.09 bits per heavy atom. The lowest BCUT2D eigenvalue weighted by atomic mass is 9.87. The van der Waals surface area contributed by atoms with Crippen molar-refractivity contribution in [1.82, 2.24) is 0 Å². The topological polar surface area (TPSA) is 58.2 Å². The van der Waals surface area contributed by atoms with Crippen LogP contribution in [0.25, 0.3) is 0 Å². The first-order chi connectivity index (χ1) is 10.6. The third-order valence-corrected chi connectivity index (χ3v) is 4.63. The van der Waals surface area contributed by atoms with Crippen molar-refractivity contribution in [3.8, 4) is 0 Å². The maximum atomic E-state index is 11.8. The van der Waals surface area contributed by atoms with E-state index in [0.29, 0.717) is 28.0 Å². The predicted octanol–water partition coefficient (Wildman–Crippen LogP) is 4.05. The molecule has 0 fully saturated rings. The van der Waals surface area contributed by atoms with Gasteiger partial charge in [0.05, 0.1) is 0 Å². The first-order valence-electron chi connectivity index (χ1n) is 7.39. The Hall–Kier alpha value is -1.52. The van der Waals surface area contributed by atoms with Crippen molar-refractivity contribution in [2.24, 2.45) is 5.41 Å². The van der Waals surface area contributed by atoms with Crippen molar-refractivity contribution in [3.05, 3.63) is 54.3 Å². The fourth-order valence-electron chi connectivity index (χ4n) is 1.98. The molecule has 4 nitrogen and oxygen atoms in total. The van der Waals surface area contributed by atoms with Crippen LogP contribution in [-0.4, -0.2) is 6.04 Å². The molecule has 0 aliphatic heterocycles. The number of benzene rings is 1. The van der Waals surface area contributed by atoms with Gasteiger partial charge in [0, 0.05) is 22.6 Å². The largest absolute Gasteiger partial charge is 0.377 e. The summed E-state index contributed by atoms with van der Waals surface area (Å²) in [4.78, 5) is 23.6. The number of hydrogen-bond donors (Lipinski definition) is 2. The highest BCUT2D eigenvalue weighted by molar-refractivity contribution is 6.35. The predicted molar refractivity (Wildman–Crippen MR) is 97.7 cm³/mol. The van der Waals surface area contributed by atoms with Gasteiger partial charge in [-0.1, -0.05) is 50.0 Å². The monoisotopic (exact) mass is 354 g/mol. The van der Waals surface area contributed by atoms with Gasteiger partial charge in [-0.05, 0) is 30.0 Å². The SMILES string of the molecule is C[C@@H](Nc1c(NCc2ccc(Cl)cc2Cl)c(=O)c1=O)C(C)(C)C. The van der Waals surface area contributed by atoms with E-state index in [4.69, 9.17) is 23.2 Å². The standard InChI is InChI=1S/C17H20Cl2N2O2/c1-9(17(2,3)4)21-14-13(15(22)16(14)23)20-8-10-5-6-11(18)7-12(10)19/h5-7,9,20-21H,8H2,1-4H3/t9-/m1/s1. The van der Waals surface area contributed by atoms with E-state index in [-0.39, 0.29) is 11.5 Å². The summed E-state index contributed by atoms with van der Waals surface area (Å²) in [7, 11) is 0. The van der Waals surface area contributed by atoms with Gasteiger partial charge in [0.1, 0.15) is 11.4 Å². The van der Waals surface area contributed by atoms with Crippen molar-refractivity contribution in [2.75, 3.05) is 10.6 Å². The number of rotatable bonds is 5. The minimum Gasteiger partial charge on any atom is -0.377 e. The highest BCUT2D eigenvalue weighted by atomic mass is 35.5. The fraction of sp³-hybridized carbons (Fsp3) is 0.412. The molecule has 2 aromatic carbocycles. The molecule has 0 aliphatic carbocycles. The fourth-order valence-corrected chi connectivity index (χ4v) is 2.45. The average molecular weight is 355 g/mol. The zero-order valence-electron chi connectivity index (χ0n) is 13.6. The molecular weight excluding hydrogens is 335 g/mol. The molecule has 0 saturated carbocycles. The zero-order chi connectivity index (χ0) is 17.4. The Balaban J connectivity index is 2.14. The molecule has 0 spiro atoms. The molecule has 23 heavy (non-hydrogen) atoms. The van der Waals surface area contributed by atoms with Crippen LogP contribution < -0.4 is 21.5 Å². The lowest BCUT2D eigenvalue weighted by Gasteiger charge is -2.30. The molecule has 0 saturated heterocycles. The molecule has 0 unspecified atom stereocenters. The summed E-state index contributed by atoms with van der Waals surface area (Å²) in [6.45, 7) is 8.53. The summed E-state index contributed by atoms with van der Waals surface area (Å²) in [6, 6.07) is 5.20. The molecule has 0 amide bonds. The molecule has 2 rings (SSSR count). The van der Waals surface area contributed by atoms with Crippen LogP contribution in [0.3, 0.4) is 0 Å². The van der Waals surface area contributed by atoms with Crippen molar-refractivity contribution in [2.45, 2.75) is 40.3 Å². The van der Waals surface area contributed by atoms with E-state index in [2.05, 4.69) is 31.4 Å². The van der Waals surface area contributed by atoms with Gasteiger partial charge in [0.25, 0.3) is 10.9 Å². The molecule has 0 radical (unpaired) electrons. The molecule has 0 bridgehead atoms. The summed E-state index contributed by atoms with van der Waals surface area (Å²) in [5, 5.41) is 7.21. The van der Waals surface area contributed by atoms with Gasteiger partial charge >= 0.3 is 0 Å². The maximum Gasteiger partial charge on any atom is 0.253 e. The molecule has 0 aromatic heterocycles. The number of nitrogens with one attached hydrogen (secondary N) is 2. The molecule has 0 heterocycles. The normalized spacial score (nSPS) is 13.1. The molecule has 2 aromatic rings. The van der Waals surface area contributed by atoms with Gasteiger partial charge in [-0.3, -0.25) is 9.59 Å². The Kier molecular flexibility index (Phi) is 5.07. The van der Waals surface area contributed by atoms with Crippen molar-refractivity contribution < 1.29 is 0 Å². The zero-order valence-corrected chi connectivity index (χ0v) is 15.1. The van der Waals surface area contributed by atoms with E-state index in [1.807, 2.05) is 6.92 Å². The number of anilines is 2. The lowest BCUT2D eigenvalue weighted by molar-refractivity contribution is 0.359. The van der Waals surface area contributed by atoms with E-state index in [9.17, 15) is 9.59 Å². The molecule has 124 valence electrons. The highest BCUT2D eigenvalue weighted by Crippen LogP contribution is 2.26.